The largest absolute Gasteiger partial charge is 0.508 e. The van der Waals surface area contributed by atoms with Crippen molar-refractivity contribution in [3.63, 3.8) is 0 Å². The molecule has 1 heterocycles. The predicted octanol–water partition coefficient (Wildman–Crippen LogP) is 5.78. The average Bonchev–Trinajstić information content (AvgIpc) is 2.84. The van der Waals surface area contributed by atoms with Crippen LogP contribution in [0.15, 0.2) is 77.7 Å². The number of aromatic hydroxyl groups is 1. The van der Waals surface area contributed by atoms with Gasteiger partial charge in [-0.3, -0.25) is 0 Å². The van der Waals surface area contributed by atoms with E-state index >= 15 is 0 Å². The van der Waals surface area contributed by atoms with E-state index in [1.54, 1.807) is 30.0 Å². The Hall–Kier alpha value is -2.46. The standard InChI is InChI=1S/C22H20FNOS/c23-18-8-5-7-16(14-18)21-12-13-24(15-17-6-1-3-10-20(17)25)19-9-2-4-11-22(19)26-21/h1-11,14,21,25H,12-13,15H2. The molecule has 2 nitrogen and oxygen atoms in total. The molecule has 0 saturated heterocycles. The number of benzene rings is 3. The Morgan fingerprint density at radius 2 is 1.81 bits per heavy atom. The summed E-state index contributed by atoms with van der Waals surface area (Å²) in [4.78, 5) is 3.49. The van der Waals surface area contributed by atoms with E-state index in [4.69, 9.17) is 0 Å². The summed E-state index contributed by atoms with van der Waals surface area (Å²) in [5.41, 5.74) is 3.10. The fraction of sp³-hybridized carbons (Fsp3) is 0.182. The molecule has 3 aromatic rings. The molecule has 1 aliphatic rings. The highest BCUT2D eigenvalue weighted by Crippen LogP contribution is 2.45. The van der Waals surface area contributed by atoms with Gasteiger partial charge in [0.2, 0.25) is 0 Å². The van der Waals surface area contributed by atoms with Crippen LogP contribution in [-0.2, 0) is 6.54 Å². The topological polar surface area (TPSA) is 23.5 Å². The van der Waals surface area contributed by atoms with E-state index in [0.29, 0.717) is 12.3 Å². The molecule has 0 aliphatic carbocycles. The minimum Gasteiger partial charge on any atom is -0.508 e. The molecule has 1 unspecified atom stereocenters. The minimum atomic E-state index is -0.188. The molecular weight excluding hydrogens is 345 g/mol. The number of halogens is 1. The van der Waals surface area contributed by atoms with Crippen LogP contribution in [0.2, 0.25) is 0 Å². The maximum Gasteiger partial charge on any atom is 0.123 e. The Labute approximate surface area is 157 Å². The summed E-state index contributed by atoms with van der Waals surface area (Å²) in [6.45, 7) is 1.50. The van der Waals surface area contributed by atoms with Gasteiger partial charge in [0.15, 0.2) is 0 Å². The normalized spacial score (nSPS) is 16.8. The molecule has 0 aromatic heterocycles. The molecule has 0 amide bonds. The molecular formula is C22H20FNOS. The first kappa shape index (κ1) is 17.0. The summed E-state index contributed by atoms with van der Waals surface area (Å²) < 4.78 is 13.7. The SMILES string of the molecule is Oc1ccccc1CN1CCC(c2cccc(F)c2)Sc2ccccc21. The fourth-order valence-electron chi connectivity index (χ4n) is 3.38. The van der Waals surface area contributed by atoms with Crippen molar-refractivity contribution in [2.45, 2.75) is 23.1 Å². The van der Waals surface area contributed by atoms with Crippen LogP contribution in [0.4, 0.5) is 10.1 Å². The minimum absolute atomic E-state index is 0.188. The van der Waals surface area contributed by atoms with Crippen molar-refractivity contribution in [3.8, 4) is 5.75 Å². The zero-order chi connectivity index (χ0) is 17.9. The third-order valence-corrected chi connectivity index (χ3v) is 6.10. The van der Waals surface area contributed by atoms with Crippen LogP contribution in [0.25, 0.3) is 0 Å². The Morgan fingerprint density at radius 3 is 2.65 bits per heavy atom. The fourth-order valence-corrected chi connectivity index (χ4v) is 4.67. The van der Waals surface area contributed by atoms with Crippen molar-refractivity contribution in [3.05, 3.63) is 89.7 Å². The van der Waals surface area contributed by atoms with Crippen molar-refractivity contribution in [2.24, 2.45) is 0 Å². The number of anilines is 1. The zero-order valence-corrected chi connectivity index (χ0v) is 15.1. The van der Waals surface area contributed by atoms with Crippen molar-refractivity contribution in [1.29, 1.82) is 0 Å². The first-order valence-corrected chi connectivity index (χ1v) is 9.61. The van der Waals surface area contributed by atoms with E-state index in [-0.39, 0.29) is 11.1 Å². The number of rotatable bonds is 3. The molecule has 1 aliphatic heterocycles. The second-order valence-corrected chi connectivity index (χ2v) is 7.71. The Kier molecular flexibility index (Phi) is 4.85. The first-order valence-electron chi connectivity index (χ1n) is 8.74. The zero-order valence-electron chi connectivity index (χ0n) is 14.3. The molecule has 1 N–H and O–H groups in total. The maximum atomic E-state index is 13.7. The monoisotopic (exact) mass is 365 g/mol. The molecule has 0 fully saturated rings. The number of phenols is 1. The van der Waals surface area contributed by atoms with Gasteiger partial charge in [0, 0.05) is 28.8 Å². The van der Waals surface area contributed by atoms with Crippen LogP contribution < -0.4 is 4.90 Å². The van der Waals surface area contributed by atoms with Gasteiger partial charge in [-0.05, 0) is 42.3 Å². The maximum absolute atomic E-state index is 13.7. The number of nitrogens with zero attached hydrogens (tertiary/aromatic N) is 1. The molecule has 0 radical (unpaired) electrons. The van der Waals surface area contributed by atoms with Gasteiger partial charge in [-0.15, -0.1) is 11.8 Å². The Morgan fingerprint density at radius 1 is 1.00 bits per heavy atom. The van der Waals surface area contributed by atoms with E-state index in [1.807, 2.05) is 36.4 Å². The van der Waals surface area contributed by atoms with Gasteiger partial charge in [0.25, 0.3) is 0 Å². The van der Waals surface area contributed by atoms with Gasteiger partial charge in [-0.25, -0.2) is 4.39 Å². The summed E-state index contributed by atoms with van der Waals surface area (Å²) in [7, 11) is 0. The van der Waals surface area contributed by atoms with Gasteiger partial charge in [-0.2, -0.15) is 0 Å². The molecule has 3 aromatic carbocycles. The Balaban J connectivity index is 1.65. The summed E-state index contributed by atoms with van der Waals surface area (Å²) in [5, 5.41) is 10.4. The summed E-state index contributed by atoms with van der Waals surface area (Å²) in [6, 6.07) is 22.7. The Bertz CT molecular complexity index is 914. The molecule has 26 heavy (non-hydrogen) atoms. The van der Waals surface area contributed by atoms with E-state index in [9.17, 15) is 9.50 Å². The number of hydrogen-bond donors (Lipinski definition) is 1. The smallest absolute Gasteiger partial charge is 0.123 e. The lowest BCUT2D eigenvalue weighted by molar-refractivity contribution is 0.467. The van der Waals surface area contributed by atoms with Gasteiger partial charge in [0.05, 0.1) is 5.69 Å². The summed E-state index contributed by atoms with van der Waals surface area (Å²) in [5.74, 6) is 0.134. The van der Waals surface area contributed by atoms with E-state index < -0.39 is 0 Å². The van der Waals surface area contributed by atoms with Crippen molar-refractivity contribution < 1.29 is 9.50 Å². The van der Waals surface area contributed by atoms with Crippen molar-refractivity contribution in [1.82, 2.24) is 0 Å². The average molecular weight is 365 g/mol. The van der Waals surface area contributed by atoms with E-state index in [0.717, 1.165) is 24.1 Å². The van der Waals surface area contributed by atoms with Crippen molar-refractivity contribution in [2.75, 3.05) is 11.4 Å². The number of phenolic OH excluding ortho intramolecular Hbond substituents is 1. The molecule has 132 valence electrons. The molecule has 0 saturated carbocycles. The van der Waals surface area contributed by atoms with Crippen LogP contribution in [0.3, 0.4) is 0 Å². The number of hydrogen-bond acceptors (Lipinski definition) is 3. The van der Waals surface area contributed by atoms with Crippen LogP contribution in [0, 0.1) is 5.82 Å². The molecule has 4 heteroatoms. The van der Waals surface area contributed by atoms with Gasteiger partial charge in [-0.1, -0.05) is 42.5 Å². The van der Waals surface area contributed by atoms with Crippen LogP contribution >= 0.6 is 11.8 Å². The predicted molar refractivity (Wildman–Crippen MR) is 105 cm³/mol. The lowest BCUT2D eigenvalue weighted by atomic mass is 10.1. The molecule has 0 bridgehead atoms. The van der Waals surface area contributed by atoms with Crippen LogP contribution in [-0.4, -0.2) is 11.7 Å². The first-order chi connectivity index (χ1) is 12.7. The number of para-hydroxylation sites is 2. The molecule has 1 atom stereocenters. The molecule has 0 spiro atoms. The van der Waals surface area contributed by atoms with Gasteiger partial charge in [0.1, 0.15) is 11.6 Å². The number of thioether (sulfide) groups is 1. The highest BCUT2D eigenvalue weighted by molar-refractivity contribution is 7.99. The summed E-state index contributed by atoms with van der Waals surface area (Å²) in [6.07, 6.45) is 0.913. The van der Waals surface area contributed by atoms with Gasteiger partial charge >= 0.3 is 0 Å². The van der Waals surface area contributed by atoms with E-state index in [2.05, 4.69) is 17.0 Å². The quantitative estimate of drug-likeness (QED) is 0.637. The van der Waals surface area contributed by atoms with Crippen LogP contribution in [0.5, 0.6) is 5.75 Å². The highest BCUT2D eigenvalue weighted by Gasteiger charge is 2.24. The van der Waals surface area contributed by atoms with Crippen molar-refractivity contribution >= 4 is 17.4 Å². The van der Waals surface area contributed by atoms with Gasteiger partial charge < -0.3 is 10.0 Å². The third kappa shape index (κ3) is 3.56. The summed E-state index contributed by atoms with van der Waals surface area (Å²) >= 11 is 1.79. The second kappa shape index (κ2) is 7.42. The lowest BCUT2D eigenvalue weighted by Crippen LogP contribution is -2.24. The lowest BCUT2D eigenvalue weighted by Gasteiger charge is -2.25. The second-order valence-electron chi connectivity index (χ2n) is 6.47. The third-order valence-electron chi connectivity index (χ3n) is 4.71. The number of fused-ring (bicyclic) bond motifs is 1. The van der Waals surface area contributed by atoms with Crippen LogP contribution in [0.1, 0.15) is 22.8 Å². The highest BCUT2D eigenvalue weighted by atomic mass is 32.2. The van der Waals surface area contributed by atoms with E-state index in [1.165, 1.54) is 16.6 Å². The molecule has 4 rings (SSSR count).